The van der Waals surface area contributed by atoms with Crippen LogP contribution >= 0.6 is 0 Å². The monoisotopic (exact) mass is 284 g/mol. The molecule has 2 heterocycles. The first kappa shape index (κ1) is 13.6. The number of nitrogens with zero attached hydrogens (tertiary/aromatic N) is 1. The van der Waals surface area contributed by atoms with Crippen LogP contribution in [0, 0.1) is 11.8 Å². The number of benzene rings is 1. The first-order chi connectivity index (χ1) is 10.4. The van der Waals surface area contributed by atoms with E-state index in [1.165, 1.54) is 69.3 Å². The Kier molecular flexibility index (Phi) is 3.89. The Morgan fingerprint density at radius 2 is 2.05 bits per heavy atom. The molecule has 2 aliphatic heterocycles. The van der Waals surface area contributed by atoms with Crippen molar-refractivity contribution < 1.29 is 4.74 Å². The van der Waals surface area contributed by atoms with Crippen LogP contribution < -0.4 is 4.74 Å². The van der Waals surface area contributed by atoms with E-state index in [2.05, 4.69) is 23.1 Å². The number of hydrogen-bond donors (Lipinski definition) is 0. The average molecular weight is 284 g/mol. The van der Waals surface area contributed by atoms with Gasteiger partial charge in [-0.05, 0) is 61.3 Å². The van der Waals surface area contributed by atoms with Crippen molar-refractivity contribution in [2.75, 3.05) is 26.2 Å². The fourth-order valence-corrected chi connectivity index (χ4v) is 4.29. The first-order valence-corrected chi connectivity index (χ1v) is 8.70. The number of rotatable bonds is 4. The molecule has 2 nitrogen and oxygen atoms in total. The van der Waals surface area contributed by atoms with E-state index in [9.17, 15) is 0 Å². The highest BCUT2D eigenvalue weighted by Gasteiger charge is 2.31. The molecule has 1 saturated carbocycles. The summed E-state index contributed by atoms with van der Waals surface area (Å²) in [6.45, 7) is 4.72. The second-order valence-electron chi connectivity index (χ2n) is 6.94. The second-order valence-corrected chi connectivity index (χ2v) is 6.94. The van der Waals surface area contributed by atoms with Gasteiger partial charge in [-0.2, -0.15) is 0 Å². The highest BCUT2D eigenvalue weighted by molar-refractivity contribution is 5.39. The molecule has 1 aliphatic carbocycles. The third-order valence-corrected chi connectivity index (χ3v) is 5.57. The average Bonchev–Trinajstić information content (AvgIpc) is 3.24. The van der Waals surface area contributed by atoms with Crippen molar-refractivity contribution in [1.82, 2.24) is 4.90 Å². The van der Waals surface area contributed by atoms with Gasteiger partial charge in [-0.15, -0.1) is 0 Å². The molecule has 1 aromatic rings. The third-order valence-electron chi connectivity index (χ3n) is 5.57. The van der Waals surface area contributed by atoms with E-state index >= 15 is 0 Å². The normalized spacial score (nSPS) is 26.2. The summed E-state index contributed by atoms with van der Waals surface area (Å²) in [6, 6.07) is 6.78. The fourth-order valence-electron chi connectivity index (χ4n) is 4.29. The minimum Gasteiger partial charge on any atom is -0.493 e. The SMILES string of the molecule is c1cc2c(cc1CCN1CC[C@@H]([C]3CCCC3)C1)CCO2. The van der Waals surface area contributed by atoms with Crippen LogP contribution in [0.15, 0.2) is 18.2 Å². The van der Waals surface area contributed by atoms with Gasteiger partial charge in [-0.1, -0.05) is 25.0 Å². The van der Waals surface area contributed by atoms with E-state index in [0.717, 1.165) is 24.7 Å². The zero-order chi connectivity index (χ0) is 14.1. The topological polar surface area (TPSA) is 12.5 Å². The van der Waals surface area contributed by atoms with Crippen LogP contribution in [0.5, 0.6) is 5.75 Å². The Morgan fingerprint density at radius 3 is 2.95 bits per heavy atom. The van der Waals surface area contributed by atoms with Crippen molar-refractivity contribution >= 4 is 0 Å². The van der Waals surface area contributed by atoms with Gasteiger partial charge in [0.1, 0.15) is 5.75 Å². The Bertz CT molecular complexity index is 492. The molecule has 21 heavy (non-hydrogen) atoms. The summed E-state index contributed by atoms with van der Waals surface area (Å²) in [5.74, 6) is 3.91. The Balaban J connectivity index is 1.29. The van der Waals surface area contributed by atoms with E-state index in [4.69, 9.17) is 4.74 Å². The third kappa shape index (κ3) is 2.96. The summed E-state index contributed by atoms with van der Waals surface area (Å²) in [5, 5.41) is 0. The van der Waals surface area contributed by atoms with Gasteiger partial charge < -0.3 is 9.64 Å². The van der Waals surface area contributed by atoms with Gasteiger partial charge in [0.25, 0.3) is 0 Å². The maximum atomic E-state index is 5.59. The quantitative estimate of drug-likeness (QED) is 0.837. The maximum absolute atomic E-state index is 5.59. The van der Waals surface area contributed by atoms with Gasteiger partial charge in [0.15, 0.2) is 0 Å². The van der Waals surface area contributed by atoms with E-state index in [-0.39, 0.29) is 0 Å². The lowest BCUT2D eigenvalue weighted by atomic mass is 9.90. The molecular weight excluding hydrogens is 258 g/mol. The van der Waals surface area contributed by atoms with Crippen molar-refractivity contribution in [3.8, 4) is 5.75 Å². The van der Waals surface area contributed by atoms with Gasteiger partial charge in [0.2, 0.25) is 0 Å². The number of likely N-dealkylation sites (tertiary alicyclic amines) is 1. The van der Waals surface area contributed by atoms with Gasteiger partial charge in [0.05, 0.1) is 6.61 Å². The van der Waals surface area contributed by atoms with Crippen LogP contribution in [0.3, 0.4) is 0 Å². The van der Waals surface area contributed by atoms with Crippen LogP contribution in [0.1, 0.15) is 43.2 Å². The molecule has 0 N–H and O–H groups in total. The molecule has 2 fully saturated rings. The van der Waals surface area contributed by atoms with Crippen molar-refractivity contribution in [1.29, 1.82) is 0 Å². The van der Waals surface area contributed by atoms with Gasteiger partial charge in [-0.3, -0.25) is 0 Å². The molecule has 1 aromatic carbocycles. The van der Waals surface area contributed by atoms with Crippen molar-refractivity contribution in [3.63, 3.8) is 0 Å². The Hall–Kier alpha value is -1.02. The number of fused-ring (bicyclic) bond motifs is 1. The molecule has 0 aromatic heterocycles. The fraction of sp³-hybridized carbons (Fsp3) is 0.632. The predicted octanol–water partition coefficient (Wildman–Crippen LogP) is 3.63. The highest BCUT2D eigenvalue weighted by atomic mass is 16.5. The molecule has 0 spiro atoms. The molecule has 0 unspecified atom stereocenters. The van der Waals surface area contributed by atoms with Gasteiger partial charge in [-0.25, -0.2) is 0 Å². The Labute approximate surface area is 128 Å². The summed E-state index contributed by atoms with van der Waals surface area (Å²) >= 11 is 0. The van der Waals surface area contributed by atoms with Crippen molar-refractivity contribution in [3.05, 3.63) is 35.2 Å². The van der Waals surface area contributed by atoms with Gasteiger partial charge >= 0.3 is 0 Å². The summed E-state index contributed by atoms with van der Waals surface area (Å²) in [5.41, 5.74) is 2.89. The molecule has 1 atom stereocenters. The smallest absolute Gasteiger partial charge is 0.122 e. The lowest BCUT2D eigenvalue weighted by Crippen LogP contribution is -2.24. The zero-order valence-electron chi connectivity index (χ0n) is 12.9. The van der Waals surface area contributed by atoms with E-state index < -0.39 is 0 Å². The van der Waals surface area contributed by atoms with Crippen LogP contribution in [-0.2, 0) is 12.8 Å². The predicted molar refractivity (Wildman–Crippen MR) is 85.6 cm³/mol. The van der Waals surface area contributed by atoms with Crippen LogP contribution in [0.4, 0.5) is 0 Å². The summed E-state index contributed by atoms with van der Waals surface area (Å²) in [4.78, 5) is 2.68. The van der Waals surface area contributed by atoms with Crippen molar-refractivity contribution in [2.45, 2.75) is 44.9 Å². The summed E-state index contributed by atoms with van der Waals surface area (Å²) in [6.07, 6.45) is 9.43. The summed E-state index contributed by atoms with van der Waals surface area (Å²) in [7, 11) is 0. The van der Waals surface area contributed by atoms with Crippen LogP contribution in [0.2, 0.25) is 0 Å². The van der Waals surface area contributed by atoms with E-state index in [1.54, 1.807) is 0 Å². The lowest BCUT2D eigenvalue weighted by molar-refractivity contribution is 0.328. The molecule has 4 rings (SSSR count). The van der Waals surface area contributed by atoms with E-state index in [0.29, 0.717) is 0 Å². The molecule has 1 saturated heterocycles. The molecule has 113 valence electrons. The van der Waals surface area contributed by atoms with Gasteiger partial charge in [0, 0.05) is 19.5 Å². The summed E-state index contributed by atoms with van der Waals surface area (Å²) < 4.78 is 5.59. The minimum absolute atomic E-state index is 0.866. The highest BCUT2D eigenvalue weighted by Crippen LogP contribution is 2.38. The minimum atomic E-state index is 0.866. The molecule has 0 amide bonds. The van der Waals surface area contributed by atoms with E-state index in [1.807, 2.05) is 5.92 Å². The van der Waals surface area contributed by atoms with Crippen LogP contribution in [-0.4, -0.2) is 31.1 Å². The molecule has 0 bridgehead atoms. The maximum Gasteiger partial charge on any atom is 0.122 e. The van der Waals surface area contributed by atoms with Crippen LogP contribution in [0.25, 0.3) is 0 Å². The largest absolute Gasteiger partial charge is 0.493 e. The molecular formula is C19H26NO. The number of ether oxygens (including phenoxy) is 1. The Morgan fingerprint density at radius 1 is 1.14 bits per heavy atom. The molecule has 1 radical (unpaired) electrons. The zero-order valence-corrected chi connectivity index (χ0v) is 12.9. The first-order valence-electron chi connectivity index (χ1n) is 8.70. The number of hydrogen-bond acceptors (Lipinski definition) is 2. The molecule has 3 aliphatic rings. The molecule has 2 heteroatoms. The second kappa shape index (κ2) is 6.00. The standard InChI is InChI=1S/C19H26NO/c1-2-4-16(3-1)18-8-11-20(14-18)10-7-15-5-6-19-17(13-15)9-12-21-19/h5-6,13,18H,1-4,7-12,14H2/t18-/m1/s1. The van der Waals surface area contributed by atoms with Crippen molar-refractivity contribution in [2.24, 2.45) is 5.92 Å². The lowest BCUT2D eigenvalue weighted by Gasteiger charge is -2.19.